The molecule has 5 heteroatoms. The van der Waals surface area contributed by atoms with Gasteiger partial charge in [0, 0.05) is 24.2 Å². The Hall–Kier alpha value is -1.88. The van der Waals surface area contributed by atoms with Gasteiger partial charge in [-0.3, -0.25) is 9.59 Å². The van der Waals surface area contributed by atoms with Crippen LogP contribution in [0.4, 0.5) is 11.4 Å². The maximum absolute atomic E-state index is 12.1. The first-order chi connectivity index (χ1) is 12.6. The van der Waals surface area contributed by atoms with E-state index in [9.17, 15) is 14.7 Å². The third kappa shape index (κ3) is 9.56. The molecular formula is C21H34N2O3. The Balaban J connectivity index is 2.58. The Morgan fingerprint density at radius 1 is 0.769 bits per heavy atom. The van der Waals surface area contributed by atoms with Crippen LogP contribution in [0, 0.1) is 0 Å². The van der Waals surface area contributed by atoms with E-state index in [0.29, 0.717) is 29.8 Å². The second-order valence-corrected chi connectivity index (χ2v) is 6.79. The monoisotopic (exact) mass is 362 g/mol. The molecule has 0 atom stereocenters. The molecule has 0 saturated heterocycles. The molecule has 3 N–H and O–H groups in total. The second-order valence-electron chi connectivity index (χ2n) is 6.79. The summed E-state index contributed by atoms with van der Waals surface area (Å²) in [6, 6.07) is 5.22. The second kappa shape index (κ2) is 13.3. The maximum atomic E-state index is 12.1. The number of benzene rings is 1. The van der Waals surface area contributed by atoms with Crippen molar-refractivity contribution < 1.29 is 14.7 Å². The summed E-state index contributed by atoms with van der Waals surface area (Å²) >= 11 is 0. The molecule has 0 spiro atoms. The summed E-state index contributed by atoms with van der Waals surface area (Å²) < 4.78 is 0. The van der Waals surface area contributed by atoms with Gasteiger partial charge in [0.2, 0.25) is 11.8 Å². The molecule has 0 heterocycles. The summed E-state index contributed by atoms with van der Waals surface area (Å²) in [5.41, 5.74) is 1.88. The lowest BCUT2D eigenvalue weighted by atomic mass is 10.1. The van der Waals surface area contributed by atoms with Crippen LogP contribution in [0.15, 0.2) is 18.2 Å². The molecule has 1 rings (SSSR count). The topological polar surface area (TPSA) is 78.4 Å². The molecule has 0 aliphatic heterocycles. The number of amides is 2. The van der Waals surface area contributed by atoms with E-state index in [1.807, 2.05) is 0 Å². The van der Waals surface area contributed by atoms with E-state index >= 15 is 0 Å². The Morgan fingerprint density at radius 3 is 1.62 bits per heavy atom. The molecule has 0 radical (unpaired) electrons. The molecule has 0 saturated carbocycles. The van der Waals surface area contributed by atoms with Gasteiger partial charge in [0.05, 0.1) is 6.61 Å². The van der Waals surface area contributed by atoms with Gasteiger partial charge in [-0.25, -0.2) is 0 Å². The first-order valence-electron chi connectivity index (χ1n) is 9.93. The summed E-state index contributed by atoms with van der Waals surface area (Å²) in [7, 11) is 0. The quantitative estimate of drug-likeness (QED) is 0.432. The van der Waals surface area contributed by atoms with Gasteiger partial charge in [-0.05, 0) is 36.6 Å². The smallest absolute Gasteiger partial charge is 0.224 e. The van der Waals surface area contributed by atoms with E-state index in [-0.39, 0.29) is 18.4 Å². The largest absolute Gasteiger partial charge is 0.392 e. The normalized spacial score (nSPS) is 10.6. The number of hydrogen-bond acceptors (Lipinski definition) is 3. The van der Waals surface area contributed by atoms with Crippen molar-refractivity contribution in [1.29, 1.82) is 0 Å². The predicted molar refractivity (Wildman–Crippen MR) is 107 cm³/mol. The number of hydrogen-bond donors (Lipinski definition) is 3. The minimum atomic E-state index is -0.139. The molecule has 146 valence electrons. The van der Waals surface area contributed by atoms with Crippen LogP contribution in [0.5, 0.6) is 0 Å². The molecule has 0 bridgehead atoms. The summed E-state index contributed by atoms with van der Waals surface area (Å²) in [6.45, 7) is 4.14. The molecule has 5 nitrogen and oxygen atoms in total. The Bertz CT molecular complexity index is 514. The lowest BCUT2D eigenvalue weighted by molar-refractivity contribution is -0.117. The number of carbonyl (C=O) groups excluding carboxylic acids is 2. The van der Waals surface area contributed by atoms with Crippen molar-refractivity contribution in [3.63, 3.8) is 0 Å². The van der Waals surface area contributed by atoms with Gasteiger partial charge in [0.15, 0.2) is 0 Å². The number of unbranched alkanes of at least 4 members (excludes halogenated alkanes) is 6. The van der Waals surface area contributed by atoms with Crippen molar-refractivity contribution in [1.82, 2.24) is 0 Å². The van der Waals surface area contributed by atoms with Gasteiger partial charge >= 0.3 is 0 Å². The number of nitrogens with one attached hydrogen (secondary N) is 2. The van der Waals surface area contributed by atoms with Gasteiger partial charge in [-0.2, -0.15) is 0 Å². The van der Waals surface area contributed by atoms with E-state index in [1.54, 1.807) is 18.2 Å². The number of aliphatic hydroxyl groups is 1. The zero-order valence-electron chi connectivity index (χ0n) is 16.3. The van der Waals surface area contributed by atoms with Crippen molar-refractivity contribution in [2.75, 3.05) is 10.6 Å². The highest BCUT2D eigenvalue weighted by molar-refractivity contribution is 5.94. The van der Waals surface area contributed by atoms with Gasteiger partial charge in [0.1, 0.15) is 0 Å². The summed E-state index contributed by atoms with van der Waals surface area (Å²) in [5, 5.41) is 15.2. The van der Waals surface area contributed by atoms with E-state index < -0.39 is 0 Å². The molecule has 1 aromatic carbocycles. The third-order valence-electron chi connectivity index (χ3n) is 4.26. The maximum Gasteiger partial charge on any atom is 0.224 e. The highest BCUT2D eigenvalue weighted by Gasteiger charge is 2.08. The van der Waals surface area contributed by atoms with Gasteiger partial charge in [-0.15, -0.1) is 0 Å². The van der Waals surface area contributed by atoms with E-state index in [4.69, 9.17) is 0 Å². The lowest BCUT2D eigenvalue weighted by Gasteiger charge is -2.11. The minimum absolute atomic E-state index is 0.0342. The highest BCUT2D eigenvalue weighted by atomic mass is 16.3. The van der Waals surface area contributed by atoms with Crippen LogP contribution in [0.1, 0.15) is 83.6 Å². The average molecular weight is 363 g/mol. The number of aliphatic hydroxyl groups excluding tert-OH is 1. The van der Waals surface area contributed by atoms with Crippen molar-refractivity contribution in [3.8, 4) is 0 Å². The zero-order valence-corrected chi connectivity index (χ0v) is 16.3. The van der Waals surface area contributed by atoms with Crippen molar-refractivity contribution in [2.45, 2.75) is 84.7 Å². The number of anilines is 2. The molecule has 0 aliphatic carbocycles. The van der Waals surface area contributed by atoms with Gasteiger partial charge in [-0.1, -0.05) is 52.4 Å². The molecule has 26 heavy (non-hydrogen) atoms. The number of rotatable bonds is 13. The van der Waals surface area contributed by atoms with Crippen LogP contribution in [0.2, 0.25) is 0 Å². The lowest BCUT2D eigenvalue weighted by Crippen LogP contribution is -2.14. The minimum Gasteiger partial charge on any atom is -0.392 e. The van der Waals surface area contributed by atoms with Crippen molar-refractivity contribution in [2.24, 2.45) is 0 Å². The highest BCUT2D eigenvalue weighted by Crippen LogP contribution is 2.20. The van der Waals surface area contributed by atoms with Crippen molar-refractivity contribution >= 4 is 23.2 Å². The summed E-state index contributed by atoms with van der Waals surface area (Å²) in [6.07, 6.45) is 9.40. The van der Waals surface area contributed by atoms with E-state index in [1.165, 1.54) is 0 Å². The van der Waals surface area contributed by atoms with E-state index in [2.05, 4.69) is 24.5 Å². The number of carbonyl (C=O) groups is 2. The van der Waals surface area contributed by atoms with Gasteiger partial charge < -0.3 is 15.7 Å². The third-order valence-corrected chi connectivity index (χ3v) is 4.26. The molecule has 1 aromatic rings. The summed E-state index contributed by atoms with van der Waals surface area (Å²) in [5.74, 6) is -0.0685. The Morgan fingerprint density at radius 2 is 1.23 bits per heavy atom. The fourth-order valence-corrected chi connectivity index (χ4v) is 2.80. The van der Waals surface area contributed by atoms with Crippen LogP contribution >= 0.6 is 0 Å². The molecule has 0 unspecified atom stereocenters. The molecular weight excluding hydrogens is 328 g/mol. The fraction of sp³-hybridized carbons (Fsp3) is 0.619. The standard InChI is InChI=1S/C21H34N2O3/c1-3-5-7-9-11-20(25)22-18-13-17(16-24)14-19(15-18)23-21(26)12-10-8-6-4-2/h13-15,24H,3-12,16H2,1-2H3,(H,22,25)(H,23,26). The molecule has 0 fully saturated rings. The molecule has 2 amide bonds. The predicted octanol–water partition coefficient (Wildman–Crippen LogP) is 5.00. The van der Waals surface area contributed by atoms with Crippen LogP contribution in [0.25, 0.3) is 0 Å². The van der Waals surface area contributed by atoms with Gasteiger partial charge in [0.25, 0.3) is 0 Å². The van der Waals surface area contributed by atoms with Crippen LogP contribution in [-0.2, 0) is 16.2 Å². The summed E-state index contributed by atoms with van der Waals surface area (Å²) in [4.78, 5) is 24.1. The SMILES string of the molecule is CCCCCCC(=O)Nc1cc(CO)cc(NC(=O)CCCCCC)c1. The molecule has 0 aromatic heterocycles. The fourth-order valence-electron chi connectivity index (χ4n) is 2.80. The van der Waals surface area contributed by atoms with E-state index in [0.717, 1.165) is 51.4 Å². The van der Waals surface area contributed by atoms with Crippen LogP contribution < -0.4 is 10.6 Å². The molecule has 0 aliphatic rings. The Labute approximate surface area is 157 Å². The van der Waals surface area contributed by atoms with Crippen LogP contribution in [0.3, 0.4) is 0 Å². The average Bonchev–Trinajstić information content (AvgIpc) is 2.62. The Kier molecular flexibility index (Phi) is 11.4. The first kappa shape index (κ1) is 22.2. The first-order valence-corrected chi connectivity index (χ1v) is 9.93. The van der Waals surface area contributed by atoms with Crippen LogP contribution in [-0.4, -0.2) is 16.9 Å². The zero-order chi connectivity index (χ0) is 19.2. The van der Waals surface area contributed by atoms with Crippen molar-refractivity contribution in [3.05, 3.63) is 23.8 Å².